The molecule has 1 saturated heterocycles. The summed E-state index contributed by atoms with van der Waals surface area (Å²) in [6, 6.07) is 20.8. The highest BCUT2D eigenvalue weighted by atomic mass is 16.3. The average molecular weight is 398 g/mol. The van der Waals surface area contributed by atoms with Crippen molar-refractivity contribution in [2.24, 2.45) is 0 Å². The van der Waals surface area contributed by atoms with Crippen LogP contribution in [-0.4, -0.2) is 21.8 Å². The minimum atomic E-state index is -0.809. The van der Waals surface area contributed by atoms with Crippen molar-refractivity contribution in [3.05, 3.63) is 101 Å². The molecule has 5 heteroatoms. The van der Waals surface area contributed by atoms with Gasteiger partial charge in [-0.1, -0.05) is 62.4 Å². The molecule has 0 bridgehead atoms. The molecule has 0 radical (unpaired) electrons. The Bertz CT molecular complexity index is 1100. The molecule has 0 aliphatic carbocycles. The Morgan fingerprint density at radius 1 is 0.933 bits per heavy atom. The highest BCUT2D eigenvalue weighted by Gasteiger charge is 2.47. The molecule has 1 aromatic heterocycles. The largest absolute Gasteiger partial charge is 0.507 e. The third-order valence-electron chi connectivity index (χ3n) is 5.30. The zero-order valence-electron chi connectivity index (χ0n) is 16.8. The van der Waals surface area contributed by atoms with Gasteiger partial charge >= 0.3 is 0 Å². The van der Waals surface area contributed by atoms with E-state index in [0.29, 0.717) is 22.9 Å². The maximum Gasteiger partial charge on any atom is 0.300 e. The quantitative estimate of drug-likeness (QED) is 0.388. The van der Waals surface area contributed by atoms with E-state index in [9.17, 15) is 14.7 Å². The Labute approximate surface area is 175 Å². The number of pyridine rings is 1. The highest BCUT2D eigenvalue weighted by molar-refractivity contribution is 6.51. The van der Waals surface area contributed by atoms with Crippen molar-refractivity contribution >= 4 is 23.1 Å². The fourth-order valence-corrected chi connectivity index (χ4v) is 3.69. The second-order valence-electron chi connectivity index (χ2n) is 7.54. The van der Waals surface area contributed by atoms with E-state index in [1.54, 1.807) is 48.7 Å². The topological polar surface area (TPSA) is 70.5 Å². The van der Waals surface area contributed by atoms with Crippen molar-refractivity contribution in [3.8, 4) is 0 Å². The van der Waals surface area contributed by atoms with E-state index in [-0.39, 0.29) is 11.3 Å². The van der Waals surface area contributed by atoms with Crippen LogP contribution in [0.15, 0.2) is 84.6 Å². The number of Topliss-reactive ketones (excluding diaryl/α,β-unsaturated/α-hetero) is 1. The molecule has 5 nitrogen and oxygen atoms in total. The Kier molecular flexibility index (Phi) is 5.19. The van der Waals surface area contributed by atoms with Crippen LogP contribution in [0.25, 0.3) is 5.76 Å². The highest BCUT2D eigenvalue weighted by Crippen LogP contribution is 2.41. The summed E-state index contributed by atoms with van der Waals surface area (Å²) in [7, 11) is 0. The van der Waals surface area contributed by atoms with E-state index in [1.165, 1.54) is 4.90 Å². The van der Waals surface area contributed by atoms with Crippen LogP contribution in [0.1, 0.15) is 42.6 Å². The number of aromatic nitrogens is 1. The molecule has 2 heterocycles. The Morgan fingerprint density at radius 3 is 2.20 bits per heavy atom. The van der Waals surface area contributed by atoms with E-state index >= 15 is 0 Å². The molecule has 4 rings (SSSR count). The van der Waals surface area contributed by atoms with Gasteiger partial charge < -0.3 is 5.11 Å². The Hall–Kier alpha value is -3.73. The number of carbonyl (C=O) groups excluding carboxylic acids is 2. The molecule has 1 N–H and O–H groups in total. The summed E-state index contributed by atoms with van der Waals surface area (Å²) in [6.07, 6.45) is 1.61. The lowest BCUT2D eigenvalue weighted by molar-refractivity contribution is -0.132. The van der Waals surface area contributed by atoms with Crippen LogP contribution in [0.4, 0.5) is 5.69 Å². The number of aliphatic hydroxyl groups excluding tert-OH is 1. The molecule has 3 aromatic rings. The van der Waals surface area contributed by atoms with Crippen molar-refractivity contribution in [1.82, 2.24) is 4.98 Å². The first-order chi connectivity index (χ1) is 14.5. The predicted octanol–water partition coefficient (Wildman–Crippen LogP) is 4.83. The number of nitrogens with zero attached hydrogens (tertiary/aromatic N) is 2. The number of hydrogen-bond acceptors (Lipinski definition) is 4. The first-order valence-corrected chi connectivity index (χ1v) is 9.86. The first-order valence-electron chi connectivity index (χ1n) is 9.86. The maximum atomic E-state index is 13.1. The molecular formula is C25H22N2O3. The van der Waals surface area contributed by atoms with Crippen LogP contribution in [0.5, 0.6) is 0 Å². The van der Waals surface area contributed by atoms with E-state index in [1.807, 2.05) is 30.3 Å². The van der Waals surface area contributed by atoms with Gasteiger partial charge in [-0.2, -0.15) is 0 Å². The van der Waals surface area contributed by atoms with Crippen LogP contribution in [0.3, 0.4) is 0 Å². The summed E-state index contributed by atoms with van der Waals surface area (Å²) < 4.78 is 0. The van der Waals surface area contributed by atoms with Gasteiger partial charge in [0, 0.05) is 17.4 Å². The standard InChI is InChI=1S/C25H22N2O3/c1-16(2)17-11-13-19(14-12-17)27-22(20-10-6-7-15-26-20)21(24(29)25(27)30)23(28)18-8-4-3-5-9-18/h3-16,22,28H,1-2H3/b23-21-. The molecule has 1 atom stereocenters. The fourth-order valence-electron chi connectivity index (χ4n) is 3.69. The summed E-state index contributed by atoms with van der Waals surface area (Å²) in [6.45, 7) is 4.18. The molecule has 1 amide bonds. The molecule has 2 aromatic carbocycles. The minimum absolute atomic E-state index is 0.0397. The summed E-state index contributed by atoms with van der Waals surface area (Å²) in [4.78, 5) is 31.9. The van der Waals surface area contributed by atoms with Gasteiger partial charge in [-0.05, 0) is 35.7 Å². The SMILES string of the molecule is CC(C)c1ccc(N2C(=O)C(=O)/C(=C(\O)c3ccccc3)C2c2ccccn2)cc1. The van der Waals surface area contributed by atoms with Gasteiger partial charge in [0.25, 0.3) is 11.7 Å². The number of carbonyl (C=O) groups is 2. The first kappa shape index (κ1) is 19.6. The van der Waals surface area contributed by atoms with Crippen LogP contribution < -0.4 is 4.90 Å². The normalized spacial score (nSPS) is 18.2. The van der Waals surface area contributed by atoms with Crippen molar-refractivity contribution in [1.29, 1.82) is 0 Å². The summed E-state index contributed by atoms with van der Waals surface area (Å²) in [5, 5.41) is 11.0. The number of aliphatic hydroxyl groups is 1. The number of amides is 1. The number of rotatable bonds is 4. The lowest BCUT2D eigenvalue weighted by Crippen LogP contribution is -2.29. The minimum Gasteiger partial charge on any atom is -0.507 e. The lowest BCUT2D eigenvalue weighted by Gasteiger charge is -2.25. The number of anilines is 1. The van der Waals surface area contributed by atoms with Gasteiger partial charge in [0.2, 0.25) is 0 Å². The molecule has 1 unspecified atom stereocenters. The number of benzene rings is 2. The molecule has 0 saturated carbocycles. The van der Waals surface area contributed by atoms with Crippen LogP contribution in [-0.2, 0) is 9.59 Å². The van der Waals surface area contributed by atoms with Gasteiger partial charge in [-0.3, -0.25) is 19.5 Å². The van der Waals surface area contributed by atoms with E-state index < -0.39 is 17.7 Å². The summed E-state index contributed by atoms with van der Waals surface area (Å²) in [5.74, 6) is -1.26. The van der Waals surface area contributed by atoms with E-state index in [2.05, 4.69) is 18.8 Å². The summed E-state index contributed by atoms with van der Waals surface area (Å²) in [5.41, 5.74) is 2.75. The summed E-state index contributed by atoms with van der Waals surface area (Å²) >= 11 is 0. The van der Waals surface area contributed by atoms with E-state index in [0.717, 1.165) is 5.56 Å². The molecular weight excluding hydrogens is 376 g/mol. The van der Waals surface area contributed by atoms with Crippen molar-refractivity contribution in [3.63, 3.8) is 0 Å². The van der Waals surface area contributed by atoms with Crippen LogP contribution >= 0.6 is 0 Å². The second kappa shape index (κ2) is 7.95. The average Bonchev–Trinajstić information content (AvgIpc) is 3.05. The second-order valence-corrected chi connectivity index (χ2v) is 7.54. The number of hydrogen-bond donors (Lipinski definition) is 1. The molecule has 150 valence electrons. The molecule has 30 heavy (non-hydrogen) atoms. The van der Waals surface area contributed by atoms with Gasteiger partial charge in [0.1, 0.15) is 11.8 Å². The molecule has 1 aliphatic rings. The van der Waals surface area contributed by atoms with Gasteiger partial charge in [-0.25, -0.2) is 0 Å². The van der Waals surface area contributed by atoms with Gasteiger partial charge in [0.15, 0.2) is 0 Å². The fraction of sp³-hybridized carbons (Fsp3) is 0.160. The zero-order valence-corrected chi connectivity index (χ0v) is 16.8. The Balaban J connectivity index is 1.90. The van der Waals surface area contributed by atoms with Crippen molar-refractivity contribution < 1.29 is 14.7 Å². The zero-order chi connectivity index (χ0) is 21.3. The Morgan fingerprint density at radius 2 is 1.60 bits per heavy atom. The van der Waals surface area contributed by atoms with Crippen LogP contribution in [0, 0.1) is 0 Å². The third-order valence-corrected chi connectivity index (χ3v) is 5.30. The predicted molar refractivity (Wildman–Crippen MR) is 116 cm³/mol. The smallest absolute Gasteiger partial charge is 0.300 e. The van der Waals surface area contributed by atoms with Crippen LogP contribution in [0.2, 0.25) is 0 Å². The van der Waals surface area contributed by atoms with Gasteiger partial charge in [-0.15, -0.1) is 0 Å². The van der Waals surface area contributed by atoms with Crippen molar-refractivity contribution in [2.45, 2.75) is 25.8 Å². The number of ketones is 1. The lowest BCUT2D eigenvalue weighted by atomic mass is 9.98. The molecule has 0 spiro atoms. The van der Waals surface area contributed by atoms with E-state index in [4.69, 9.17) is 0 Å². The maximum absolute atomic E-state index is 13.1. The van der Waals surface area contributed by atoms with Gasteiger partial charge in [0.05, 0.1) is 11.3 Å². The third kappa shape index (κ3) is 3.39. The van der Waals surface area contributed by atoms with Crippen molar-refractivity contribution in [2.75, 3.05) is 4.90 Å². The molecule has 1 fully saturated rings. The monoisotopic (exact) mass is 398 g/mol. The molecule has 1 aliphatic heterocycles.